The van der Waals surface area contributed by atoms with Gasteiger partial charge in [-0.15, -0.1) is 0 Å². The van der Waals surface area contributed by atoms with Gasteiger partial charge in [-0.05, 0) is 30.8 Å². The van der Waals surface area contributed by atoms with Crippen molar-refractivity contribution in [2.75, 3.05) is 0 Å². The number of aromatic nitrogens is 2. The molecule has 0 fully saturated rings. The molecule has 2 aromatic rings. The summed E-state index contributed by atoms with van der Waals surface area (Å²) in [4.78, 5) is 28.4. The molecule has 2 heterocycles. The number of nitrogens with one attached hydrogen (secondary N) is 1. The molecule has 0 unspecified atom stereocenters. The van der Waals surface area contributed by atoms with Crippen molar-refractivity contribution in [2.45, 2.75) is 17.2 Å². The maximum atomic E-state index is 11.2. The fourth-order valence-corrected chi connectivity index (χ4v) is 1.98. The number of carboxylic acids is 1. The summed E-state index contributed by atoms with van der Waals surface area (Å²) in [5, 5.41) is 9.40. The fraction of sp³-hybridized carbons (Fsp3) is 0.100. The highest BCUT2D eigenvalue weighted by molar-refractivity contribution is 7.99. The van der Waals surface area contributed by atoms with Crippen LogP contribution in [0.15, 0.2) is 37.7 Å². The van der Waals surface area contributed by atoms with Crippen molar-refractivity contribution in [3.05, 3.63) is 40.0 Å². The quantitative estimate of drug-likeness (QED) is 0.804. The van der Waals surface area contributed by atoms with Crippen LogP contribution in [0.5, 0.6) is 0 Å². The summed E-state index contributed by atoms with van der Waals surface area (Å²) in [6.45, 7) is 1.70. The summed E-state index contributed by atoms with van der Waals surface area (Å²) >= 11 is 1.06. The van der Waals surface area contributed by atoms with E-state index < -0.39 is 5.97 Å². The Kier molecular flexibility index (Phi) is 3.01. The zero-order valence-electron chi connectivity index (χ0n) is 8.76. The van der Waals surface area contributed by atoms with Crippen LogP contribution in [0.2, 0.25) is 0 Å². The van der Waals surface area contributed by atoms with Gasteiger partial charge in [0.05, 0.1) is 0 Å². The van der Waals surface area contributed by atoms with E-state index in [0.717, 1.165) is 11.8 Å². The number of H-pyrrole nitrogens is 1. The summed E-state index contributed by atoms with van der Waals surface area (Å²) in [6.07, 6.45) is 0. The predicted octanol–water partition coefficient (Wildman–Crippen LogP) is 1.52. The van der Waals surface area contributed by atoms with Gasteiger partial charge in [0.2, 0.25) is 5.76 Å². The van der Waals surface area contributed by atoms with Gasteiger partial charge in [-0.1, -0.05) is 0 Å². The van der Waals surface area contributed by atoms with Gasteiger partial charge in [0.1, 0.15) is 0 Å². The minimum atomic E-state index is -1.14. The largest absolute Gasteiger partial charge is 0.475 e. The molecule has 0 saturated heterocycles. The molecule has 0 atom stereocenters. The molecule has 88 valence electrons. The lowest BCUT2D eigenvalue weighted by Crippen LogP contribution is -2.07. The standard InChI is InChI=1S/C10H8N2O4S/c1-5-4-7(13)12-10(11-5)17-8-3-2-6(16-8)9(14)15/h2-4H,1H3,(H,14,15)(H,11,12,13). The zero-order chi connectivity index (χ0) is 12.4. The molecule has 0 bridgehead atoms. The minimum absolute atomic E-state index is 0.150. The number of nitrogens with zero attached hydrogens (tertiary/aromatic N) is 1. The van der Waals surface area contributed by atoms with Crippen LogP contribution in [0.4, 0.5) is 0 Å². The Bertz CT molecular complexity index is 617. The van der Waals surface area contributed by atoms with Gasteiger partial charge in [0.15, 0.2) is 10.2 Å². The number of hydrogen-bond acceptors (Lipinski definition) is 5. The Labute approximate surface area is 99.7 Å². The zero-order valence-corrected chi connectivity index (χ0v) is 9.58. The molecule has 0 amide bonds. The first-order chi connectivity index (χ1) is 8.04. The van der Waals surface area contributed by atoms with E-state index in [1.165, 1.54) is 18.2 Å². The molecule has 0 aromatic carbocycles. The van der Waals surface area contributed by atoms with Crippen LogP contribution >= 0.6 is 11.8 Å². The lowest BCUT2D eigenvalue weighted by molar-refractivity contribution is 0.0656. The van der Waals surface area contributed by atoms with E-state index >= 15 is 0 Å². The summed E-state index contributed by atoms with van der Waals surface area (Å²) < 4.78 is 5.03. The third-order valence-electron chi connectivity index (χ3n) is 1.84. The van der Waals surface area contributed by atoms with Crippen LogP contribution in [0.1, 0.15) is 16.2 Å². The van der Waals surface area contributed by atoms with Crippen LogP contribution in [0, 0.1) is 6.92 Å². The third kappa shape index (κ3) is 2.76. The van der Waals surface area contributed by atoms with E-state index in [1.54, 1.807) is 6.92 Å². The lowest BCUT2D eigenvalue weighted by Gasteiger charge is -1.97. The SMILES string of the molecule is Cc1cc(=O)[nH]c(Sc2ccc(C(=O)O)o2)n1. The molecular weight excluding hydrogens is 244 g/mol. The van der Waals surface area contributed by atoms with E-state index in [0.29, 0.717) is 15.9 Å². The first kappa shape index (κ1) is 11.5. The van der Waals surface area contributed by atoms with E-state index in [4.69, 9.17) is 9.52 Å². The summed E-state index contributed by atoms with van der Waals surface area (Å²) in [6, 6.07) is 4.23. The minimum Gasteiger partial charge on any atom is -0.475 e. The molecule has 2 N–H and O–H groups in total. The predicted molar refractivity (Wildman–Crippen MR) is 59.4 cm³/mol. The molecule has 17 heavy (non-hydrogen) atoms. The number of aryl methyl sites for hydroxylation is 1. The summed E-state index contributed by atoms with van der Waals surface area (Å²) in [5.74, 6) is -1.29. The van der Waals surface area contributed by atoms with Gasteiger partial charge >= 0.3 is 5.97 Å². The number of hydrogen-bond donors (Lipinski definition) is 2. The van der Waals surface area contributed by atoms with Crippen molar-refractivity contribution in [3.8, 4) is 0 Å². The Morgan fingerprint density at radius 1 is 1.53 bits per heavy atom. The van der Waals surface area contributed by atoms with Crippen molar-refractivity contribution < 1.29 is 14.3 Å². The molecule has 2 rings (SSSR count). The van der Waals surface area contributed by atoms with E-state index in [-0.39, 0.29) is 11.3 Å². The van der Waals surface area contributed by atoms with Gasteiger partial charge in [-0.2, -0.15) is 0 Å². The monoisotopic (exact) mass is 252 g/mol. The van der Waals surface area contributed by atoms with E-state index in [1.807, 2.05) is 0 Å². The number of aromatic carboxylic acids is 1. The lowest BCUT2D eigenvalue weighted by atomic mass is 10.5. The Balaban J connectivity index is 2.25. The number of rotatable bonds is 3. The fourth-order valence-electron chi connectivity index (χ4n) is 1.19. The molecular formula is C10H8N2O4S. The molecule has 6 nitrogen and oxygen atoms in total. The van der Waals surface area contributed by atoms with Gasteiger partial charge in [0, 0.05) is 11.8 Å². The molecule has 0 aliphatic heterocycles. The smallest absolute Gasteiger partial charge is 0.371 e. The number of carbonyl (C=O) groups is 1. The average Bonchev–Trinajstić information content (AvgIpc) is 2.64. The van der Waals surface area contributed by atoms with Crippen LogP contribution in [0.25, 0.3) is 0 Å². The van der Waals surface area contributed by atoms with Crippen LogP contribution in [-0.4, -0.2) is 21.0 Å². The second kappa shape index (κ2) is 4.46. The highest BCUT2D eigenvalue weighted by Crippen LogP contribution is 2.25. The highest BCUT2D eigenvalue weighted by Gasteiger charge is 2.10. The number of aromatic amines is 1. The Hall–Kier alpha value is -2.02. The van der Waals surface area contributed by atoms with Crippen LogP contribution in [0.3, 0.4) is 0 Å². The summed E-state index contributed by atoms with van der Waals surface area (Å²) in [5.41, 5.74) is 0.325. The molecule has 0 spiro atoms. The molecule has 0 saturated carbocycles. The van der Waals surface area contributed by atoms with Gasteiger partial charge in [0.25, 0.3) is 5.56 Å². The second-order valence-corrected chi connectivity index (χ2v) is 4.21. The van der Waals surface area contributed by atoms with E-state index in [9.17, 15) is 9.59 Å². The molecule has 0 aliphatic rings. The average molecular weight is 252 g/mol. The van der Waals surface area contributed by atoms with Crippen LogP contribution in [-0.2, 0) is 0 Å². The summed E-state index contributed by atoms with van der Waals surface area (Å²) in [7, 11) is 0. The first-order valence-electron chi connectivity index (χ1n) is 4.63. The van der Waals surface area contributed by atoms with Crippen molar-refractivity contribution in [3.63, 3.8) is 0 Å². The first-order valence-corrected chi connectivity index (χ1v) is 5.45. The molecule has 0 aliphatic carbocycles. The number of furan rings is 1. The maximum Gasteiger partial charge on any atom is 0.371 e. The van der Waals surface area contributed by atoms with Crippen molar-refractivity contribution in [2.24, 2.45) is 0 Å². The van der Waals surface area contributed by atoms with Crippen molar-refractivity contribution >= 4 is 17.7 Å². The number of carboxylic acid groups (broad SMARTS) is 1. The molecule has 0 radical (unpaired) electrons. The van der Waals surface area contributed by atoms with Gasteiger partial charge in [-0.3, -0.25) is 4.79 Å². The molecule has 2 aromatic heterocycles. The van der Waals surface area contributed by atoms with E-state index in [2.05, 4.69) is 9.97 Å². The van der Waals surface area contributed by atoms with Gasteiger partial charge < -0.3 is 14.5 Å². The molecule has 7 heteroatoms. The topological polar surface area (TPSA) is 96.2 Å². The van der Waals surface area contributed by atoms with Crippen LogP contribution < -0.4 is 5.56 Å². The third-order valence-corrected chi connectivity index (χ3v) is 2.64. The normalized spacial score (nSPS) is 10.4. The maximum absolute atomic E-state index is 11.2. The van der Waals surface area contributed by atoms with Gasteiger partial charge in [-0.25, -0.2) is 9.78 Å². The van der Waals surface area contributed by atoms with Crippen molar-refractivity contribution in [1.82, 2.24) is 9.97 Å². The highest BCUT2D eigenvalue weighted by atomic mass is 32.2. The van der Waals surface area contributed by atoms with Crippen molar-refractivity contribution in [1.29, 1.82) is 0 Å². The Morgan fingerprint density at radius 2 is 2.29 bits per heavy atom. The Morgan fingerprint density at radius 3 is 2.88 bits per heavy atom. The second-order valence-electron chi connectivity index (χ2n) is 3.22.